The number of nitriles is 1. The van der Waals surface area contributed by atoms with Gasteiger partial charge >= 0.3 is 0 Å². The minimum absolute atomic E-state index is 0.119. The first-order valence-electron chi connectivity index (χ1n) is 6.80. The molecule has 0 aromatic heterocycles. The highest BCUT2D eigenvalue weighted by molar-refractivity contribution is 5.78. The number of nitrogens with zero attached hydrogens (tertiary/aromatic N) is 1. The molecule has 0 fully saturated rings. The second-order valence-corrected chi connectivity index (χ2v) is 4.50. The highest BCUT2D eigenvalue weighted by Gasteiger charge is 2.00. The average Bonchev–Trinajstić information content (AvgIpc) is 2.34. The van der Waals surface area contributed by atoms with E-state index in [0.29, 0.717) is 25.7 Å². The minimum Gasteiger partial charge on any atom is -0.396 e. The van der Waals surface area contributed by atoms with Crippen molar-refractivity contribution in [3.8, 4) is 6.07 Å². The zero-order valence-electron chi connectivity index (χ0n) is 10.8. The van der Waals surface area contributed by atoms with E-state index in [1.807, 2.05) is 0 Å². The smallest absolute Gasteiger partial charge is 0.132 e. The molecule has 0 aromatic carbocycles. The van der Waals surface area contributed by atoms with Crippen LogP contribution >= 0.6 is 0 Å². The monoisotopic (exact) mass is 239 g/mol. The van der Waals surface area contributed by atoms with E-state index >= 15 is 0 Å². The molecule has 0 saturated heterocycles. The van der Waals surface area contributed by atoms with Gasteiger partial charge in [0.1, 0.15) is 5.78 Å². The van der Waals surface area contributed by atoms with Crippen LogP contribution < -0.4 is 0 Å². The van der Waals surface area contributed by atoms with E-state index < -0.39 is 0 Å². The van der Waals surface area contributed by atoms with Gasteiger partial charge in [-0.3, -0.25) is 4.79 Å². The van der Waals surface area contributed by atoms with Crippen molar-refractivity contribution in [1.29, 1.82) is 5.26 Å². The first-order valence-corrected chi connectivity index (χ1v) is 6.80. The summed E-state index contributed by atoms with van der Waals surface area (Å²) in [5, 5.41) is 16.9. The molecule has 0 radical (unpaired) electrons. The quantitative estimate of drug-likeness (QED) is 0.531. The standard InChI is InChI=1S/C14H25NO2/c15-12-8-6-4-2-1-3-5-7-10-14(17)11-9-13-16/h16H,1-11,13H2. The molecule has 0 amide bonds. The molecular weight excluding hydrogens is 214 g/mol. The lowest BCUT2D eigenvalue weighted by molar-refractivity contribution is -0.119. The van der Waals surface area contributed by atoms with Crippen LogP contribution in [-0.2, 0) is 4.79 Å². The fourth-order valence-corrected chi connectivity index (χ4v) is 1.81. The van der Waals surface area contributed by atoms with Crippen molar-refractivity contribution in [1.82, 2.24) is 0 Å². The molecule has 0 aliphatic heterocycles. The fourth-order valence-electron chi connectivity index (χ4n) is 1.81. The maximum absolute atomic E-state index is 11.3. The molecule has 3 nitrogen and oxygen atoms in total. The van der Waals surface area contributed by atoms with Crippen LogP contribution in [0, 0.1) is 11.3 Å². The number of aliphatic hydroxyl groups excluding tert-OH is 1. The molecule has 98 valence electrons. The molecule has 0 atom stereocenters. The first-order chi connectivity index (χ1) is 8.31. The van der Waals surface area contributed by atoms with Crippen molar-refractivity contribution < 1.29 is 9.90 Å². The Hall–Kier alpha value is -0.880. The van der Waals surface area contributed by atoms with Crippen molar-refractivity contribution >= 4 is 5.78 Å². The zero-order valence-corrected chi connectivity index (χ0v) is 10.8. The second-order valence-electron chi connectivity index (χ2n) is 4.50. The number of Topliss-reactive ketones (excluding diaryl/α,β-unsaturated/α-hetero) is 1. The highest BCUT2D eigenvalue weighted by Crippen LogP contribution is 2.10. The first kappa shape index (κ1) is 16.1. The molecule has 17 heavy (non-hydrogen) atoms. The van der Waals surface area contributed by atoms with Crippen molar-refractivity contribution in [3.63, 3.8) is 0 Å². The topological polar surface area (TPSA) is 61.1 Å². The van der Waals surface area contributed by atoms with E-state index in [1.54, 1.807) is 0 Å². The predicted molar refractivity (Wildman–Crippen MR) is 68.5 cm³/mol. The van der Waals surface area contributed by atoms with Crippen molar-refractivity contribution in [3.05, 3.63) is 0 Å². The van der Waals surface area contributed by atoms with Crippen molar-refractivity contribution in [2.24, 2.45) is 0 Å². The van der Waals surface area contributed by atoms with Crippen LogP contribution in [0.2, 0.25) is 0 Å². The zero-order chi connectivity index (χ0) is 12.8. The molecule has 0 aromatic rings. The number of carbonyl (C=O) groups is 1. The Morgan fingerprint density at radius 3 is 2.00 bits per heavy atom. The summed E-state index contributed by atoms with van der Waals surface area (Å²) in [5.74, 6) is 0.285. The molecule has 0 aliphatic carbocycles. The van der Waals surface area contributed by atoms with E-state index in [-0.39, 0.29) is 12.4 Å². The molecule has 0 unspecified atom stereocenters. The molecule has 0 rings (SSSR count). The molecule has 0 spiro atoms. The minimum atomic E-state index is 0.119. The van der Waals surface area contributed by atoms with Crippen molar-refractivity contribution in [2.45, 2.75) is 70.6 Å². The van der Waals surface area contributed by atoms with Crippen LogP contribution in [-0.4, -0.2) is 17.5 Å². The average molecular weight is 239 g/mol. The van der Waals surface area contributed by atoms with Gasteiger partial charge in [-0.1, -0.05) is 32.1 Å². The number of hydrogen-bond acceptors (Lipinski definition) is 3. The molecule has 3 heteroatoms. The molecule has 0 saturated carbocycles. The molecule has 1 N–H and O–H groups in total. The normalized spacial score (nSPS) is 10.1. The van der Waals surface area contributed by atoms with Crippen molar-refractivity contribution in [2.75, 3.05) is 6.61 Å². The summed E-state index contributed by atoms with van der Waals surface area (Å²) >= 11 is 0. The lowest BCUT2D eigenvalue weighted by Gasteiger charge is -2.01. The van der Waals surface area contributed by atoms with Crippen LogP contribution in [0.25, 0.3) is 0 Å². The molecule has 0 bridgehead atoms. The van der Waals surface area contributed by atoms with Gasteiger partial charge in [-0.25, -0.2) is 0 Å². The largest absolute Gasteiger partial charge is 0.396 e. The summed E-state index contributed by atoms with van der Waals surface area (Å²) in [7, 11) is 0. The third kappa shape index (κ3) is 13.1. The lowest BCUT2D eigenvalue weighted by atomic mass is 10.0. The molecular formula is C14H25NO2. The third-order valence-electron chi connectivity index (χ3n) is 2.86. The fraction of sp³-hybridized carbons (Fsp3) is 0.857. The van der Waals surface area contributed by atoms with E-state index in [9.17, 15) is 4.79 Å². The van der Waals surface area contributed by atoms with Crippen LogP contribution in [0.4, 0.5) is 0 Å². The summed E-state index contributed by atoms with van der Waals surface area (Å²) in [6.45, 7) is 0.119. The van der Waals surface area contributed by atoms with Gasteiger partial charge in [-0.05, 0) is 19.3 Å². The summed E-state index contributed by atoms with van der Waals surface area (Å²) in [5.41, 5.74) is 0. The number of ketones is 1. The van der Waals surface area contributed by atoms with Gasteiger partial charge in [-0.2, -0.15) is 5.26 Å². The Bertz CT molecular complexity index is 221. The summed E-state index contributed by atoms with van der Waals surface area (Å²) in [4.78, 5) is 11.3. The van der Waals surface area contributed by atoms with Gasteiger partial charge in [-0.15, -0.1) is 0 Å². The van der Waals surface area contributed by atoms with E-state index in [4.69, 9.17) is 10.4 Å². The number of unbranched alkanes of at least 4 members (excludes halogenated alkanes) is 7. The van der Waals surface area contributed by atoms with Crippen LogP contribution in [0.15, 0.2) is 0 Å². The number of rotatable bonds is 12. The summed E-state index contributed by atoms with van der Waals surface area (Å²) in [6, 6.07) is 2.15. The SMILES string of the molecule is N#CCCCCCCCCCC(=O)CCCO. The number of carbonyl (C=O) groups excluding carboxylic acids is 1. The van der Waals surface area contributed by atoms with Crippen LogP contribution in [0.1, 0.15) is 70.6 Å². The van der Waals surface area contributed by atoms with Gasteiger partial charge in [0.2, 0.25) is 0 Å². The Morgan fingerprint density at radius 1 is 0.882 bits per heavy atom. The van der Waals surface area contributed by atoms with E-state index in [1.165, 1.54) is 19.3 Å². The number of hydrogen-bond donors (Lipinski definition) is 1. The van der Waals surface area contributed by atoms with Crippen LogP contribution in [0.5, 0.6) is 0 Å². The Kier molecular flexibility index (Phi) is 12.5. The Labute approximate surface area is 105 Å². The van der Waals surface area contributed by atoms with Gasteiger partial charge in [0.15, 0.2) is 0 Å². The third-order valence-corrected chi connectivity index (χ3v) is 2.86. The highest BCUT2D eigenvalue weighted by atomic mass is 16.3. The van der Waals surface area contributed by atoms with Gasteiger partial charge < -0.3 is 5.11 Å². The summed E-state index contributed by atoms with van der Waals surface area (Å²) < 4.78 is 0. The maximum Gasteiger partial charge on any atom is 0.132 e. The van der Waals surface area contributed by atoms with Gasteiger partial charge in [0.05, 0.1) is 6.07 Å². The van der Waals surface area contributed by atoms with Gasteiger partial charge in [0, 0.05) is 25.9 Å². The maximum atomic E-state index is 11.3. The van der Waals surface area contributed by atoms with Crippen LogP contribution in [0.3, 0.4) is 0 Å². The summed E-state index contributed by atoms with van der Waals surface area (Å²) in [6.07, 6.45) is 10.4. The second kappa shape index (κ2) is 13.2. The Morgan fingerprint density at radius 2 is 1.41 bits per heavy atom. The lowest BCUT2D eigenvalue weighted by Crippen LogP contribution is -1.99. The Balaban J connectivity index is 3.08. The number of aliphatic hydroxyl groups is 1. The van der Waals surface area contributed by atoms with E-state index in [0.717, 1.165) is 25.7 Å². The molecule has 0 aliphatic rings. The van der Waals surface area contributed by atoms with Gasteiger partial charge in [0.25, 0.3) is 0 Å². The molecule has 0 heterocycles. The van der Waals surface area contributed by atoms with E-state index in [2.05, 4.69) is 6.07 Å². The predicted octanol–water partition coefficient (Wildman–Crippen LogP) is 3.36.